The van der Waals surface area contributed by atoms with Gasteiger partial charge in [0.25, 0.3) is 16.0 Å². The first-order valence-corrected chi connectivity index (χ1v) is 12.8. The molecule has 0 N–H and O–H groups in total. The van der Waals surface area contributed by atoms with Crippen molar-refractivity contribution in [3.05, 3.63) is 65.5 Å². The molecule has 2 bridgehead atoms. The number of rotatable bonds is 7. The first-order valence-electron chi connectivity index (χ1n) is 11.4. The van der Waals surface area contributed by atoms with E-state index in [0.717, 1.165) is 5.56 Å². The van der Waals surface area contributed by atoms with E-state index in [9.17, 15) is 13.2 Å². The van der Waals surface area contributed by atoms with Gasteiger partial charge in [-0.1, -0.05) is 41.1 Å². The van der Waals surface area contributed by atoms with Crippen LogP contribution in [-0.4, -0.2) is 44.9 Å². The Morgan fingerprint density at radius 3 is 2.43 bits per heavy atom. The summed E-state index contributed by atoms with van der Waals surface area (Å²) in [6, 6.07) is 13.5. The Labute approximate surface area is 203 Å². The second kappa shape index (κ2) is 8.85. The van der Waals surface area contributed by atoms with Gasteiger partial charge in [0.15, 0.2) is 0 Å². The molecule has 35 heavy (non-hydrogen) atoms. The standard InChI is InChI=1S/C25H26N2O7S/c1-17-7-9-18(10-8-17)35(29,30)33-16-24-11-13-25(14-12-24,32-15-24)23-26-21(27-34-23)19-5-3-4-6-20(19)22(28)31-2/h3-10H,11-16H2,1-2H3. The normalized spacial score (nSPS) is 23.8. The molecule has 1 aromatic heterocycles. The third kappa shape index (κ3) is 4.37. The quantitative estimate of drug-likeness (QED) is 0.351. The van der Waals surface area contributed by atoms with E-state index >= 15 is 0 Å². The van der Waals surface area contributed by atoms with Crippen molar-refractivity contribution in [2.75, 3.05) is 20.3 Å². The van der Waals surface area contributed by atoms with Crippen LogP contribution in [-0.2, 0) is 29.4 Å². The van der Waals surface area contributed by atoms with Gasteiger partial charge < -0.3 is 14.0 Å². The molecule has 3 fully saturated rings. The van der Waals surface area contributed by atoms with Crippen molar-refractivity contribution in [1.82, 2.24) is 10.1 Å². The van der Waals surface area contributed by atoms with E-state index < -0.39 is 21.7 Å². The van der Waals surface area contributed by atoms with Crippen LogP contribution in [0.25, 0.3) is 11.4 Å². The summed E-state index contributed by atoms with van der Waals surface area (Å²) in [5.41, 5.74) is 0.716. The van der Waals surface area contributed by atoms with E-state index in [4.69, 9.17) is 18.2 Å². The lowest BCUT2D eigenvalue weighted by atomic mass is 9.66. The van der Waals surface area contributed by atoms with E-state index in [1.165, 1.54) is 7.11 Å². The molecule has 0 unspecified atom stereocenters. The Morgan fingerprint density at radius 2 is 1.77 bits per heavy atom. The van der Waals surface area contributed by atoms with Crippen LogP contribution in [0.2, 0.25) is 0 Å². The lowest BCUT2D eigenvalue weighted by molar-refractivity contribution is -0.207. The van der Waals surface area contributed by atoms with Gasteiger partial charge in [0, 0.05) is 11.0 Å². The van der Waals surface area contributed by atoms with Gasteiger partial charge in [-0.05, 0) is 50.8 Å². The first kappa shape index (κ1) is 23.7. The molecule has 3 aromatic rings. The third-order valence-corrected chi connectivity index (χ3v) is 8.27. The van der Waals surface area contributed by atoms with Crippen LogP contribution < -0.4 is 0 Å². The largest absolute Gasteiger partial charge is 0.465 e. The molecule has 9 nitrogen and oxygen atoms in total. The summed E-state index contributed by atoms with van der Waals surface area (Å²) in [6.07, 6.45) is 2.60. The maximum Gasteiger partial charge on any atom is 0.338 e. The topological polar surface area (TPSA) is 118 Å². The van der Waals surface area contributed by atoms with E-state index in [1.807, 2.05) is 6.92 Å². The fourth-order valence-corrected chi connectivity index (χ4v) is 5.70. The lowest BCUT2D eigenvalue weighted by Crippen LogP contribution is -2.51. The molecule has 184 valence electrons. The van der Waals surface area contributed by atoms with Gasteiger partial charge in [-0.15, -0.1) is 0 Å². The summed E-state index contributed by atoms with van der Waals surface area (Å²) < 4.78 is 47.4. The lowest BCUT2D eigenvalue weighted by Gasteiger charge is -2.50. The summed E-state index contributed by atoms with van der Waals surface area (Å²) in [5, 5.41) is 4.10. The maximum atomic E-state index is 12.6. The van der Waals surface area contributed by atoms with Crippen LogP contribution in [0.3, 0.4) is 0 Å². The van der Waals surface area contributed by atoms with Gasteiger partial charge in [-0.2, -0.15) is 13.4 Å². The Bertz CT molecular complexity index is 1320. The molecule has 6 rings (SSSR count). The molecule has 3 heterocycles. The number of methoxy groups -OCH3 is 1. The zero-order valence-electron chi connectivity index (χ0n) is 19.5. The zero-order valence-corrected chi connectivity index (χ0v) is 20.3. The molecule has 0 spiro atoms. The fraction of sp³-hybridized carbons (Fsp3) is 0.400. The average molecular weight is 499 g/mol. The van der Waals surface area contributed by atoms with E-state index in [2.05, 4.69) is 10.1 Å². The first-order chi connectivity index (χ1) is 16.8. The number of carbonyl (C=O) groups is 1. The SMILES string of the molecule is COC(=O)c1ccccc1-c1noc(C23CCC(COS(=O)(=O)c4ccc(C)cc4)(CC2)CO3)n1. The average Bonchev–Trinajstić information content (AvgIpc) is 3.40. The second-order valence-corrected chi connectivity index (χ2v) is 10.9. The van der Waals surface area contributed by atoms with Gasteiger partial charge in [0.05, 0.1) is 30.8 Å². The molecular weight excluding hydrogens is 472 g/mol. The van der Waals surface area contributed by atoms with Crippen molar-refractivity contribution in [2.45, 2.75) is 43.1 Å². The summed E-state index contributed by atoms with van der Waals surface area (Å²) in [6.45, 7) is 2.28. The molecule has 0 radical (unpaired) electrons. The summed E-state index contributed by atoms with van der Waals surface area (Å²) in [4.78, 5) is 16.8. The minimum atomic E-state index is -3.85. The highest BCUT2D eigenvalue weighted by Gasteiger charge is 2.54. The molecule has 10 heteroatoms. The zero-order chi connectivity index (χ0) is 24.7. The fourth-order valence-electron chi connectivity index (χ4n) is 4.69. The van der Waals surface area contributed by atoms with Crippen molar-refractivity contribution in [1.29, 1.82) is 0 Å². The minimum absolute atomic E-state index is 0.0564. The predicted molar refractivity (Wildman–Crippen MR) is 124 cm³/mol. The molecule has 0 atom stereocenters. The van der Waals surface area contributed by atoms with Gasteiger partial charge in [-0.25, -0.2) is 4.79 Å². The second-order valence-electron chi connectivity index (χ2n) is 9.27. The van der Waals surface area contributed by atoms with Gasteiger partial charge >= 0.3 is 5.97 Å². The minimum Gasteiger partial charge on any atom is -0.465 e. The number of aromatic nitrogens is 2. The Kier molecular flexibility index (Phi) is 5.98. The van der Waals surface area contributed by atoms with Crippen molar-refractivity contribution >= 4 is 16.1 Å². The highest BCUT2D eigenvalue weighted by molar-refractivity contribution is 7.86. The van der Waals surface area contributed by atoms with Crippen LogP contribution in [0.15, 0.2) is 57.9 Å². The molecule has 3 aliphatic rings. The van der Waals surface area contributed by atoms with Crippen molar-refractivity contribution in [3.63, 3.8) is 0 Å². The van der Waals surface area contributed by atoms with Gasteiger partial charge in [-0.3, -0.25) is 4.18 Å². The van der Waals surface area contributed by atoms with Crippen molar-refractivity contribution in [3.8, 4) is 11.4 Å². The van der Waals surface area contributed by atoms with E-state index in [0.29, 0.717) is 49.3 Å². The third-order valence-electron chi connectivity index (χ3n) is 6.99. The Morgan fingerprint density at radius 1 is 1.06 bits per heavy atom. The van der Waals surface area contributed by atoms with E-state index in [-0.39, 0.29) is 22.7 Å². The molecule has 1 saturated carbocycles. The number of hydrogen-bond donors (Lipinski definition) is 0. The molecular formula is C25H26N2O7S. The highest BCUT2D eigenvalue weighted by atomic mass is 32.2. The highest BCUT2D eigenvalue weighted by Crippen LogP contribution is 2.53. The monoisotopic (exact) mass is 498 g/mol. The molecule has 0 amide bonds. The van der Waals surface area contributed by atoms with Gasteiger partial charge in [0.2, 0.25) is 5.82 Å². The number of fused-ring (bicyclic) bond motifs is 3. The molecule has 2 aliphatic heterocycles. The van der Waals surface area contributed by atoms with Crippen LogP contribution >= 0.6 is 0 Å². The number of aryl methyl sites for hydroxylation is 1. The van der Waals surface area contributed by atoms with Crippen LogP contribution in [0, 0.1) is 12.3 Å². The number of benzene rings is 2. The summed E-state index contributed by atoms with van der Waals surface area (Å²) >= 11 is 0. The summed E-state index contributed by atoms with van der Waals surface area (Å²) in [7, 11) is -2.53. The van der Waals surface area contributed by atoms with Crippen molar-refractivity contribution in [2.24, 2.45) is 5.41 Å². The molecule has 2 aromatic carbocycles. The summed E-state index contributed by atoms with van der Waals surface area (Å²) in [5.74, 6) is 0.157. The smallest absolute Gasteiger partial charge is 0.338 e. The van der Waals surface area contributed by atoms with Crippen molar-refractivity contribution < 1.29 is 31.4 Å². The number of nitrogens with zero attached hydrogens (tertiary/aromatic N) is 2. The predicted octanol–water partition coefficient (Wildman–Crippen LogP) is 4.02. The molecule has 2 saturated heterocycles. The number of esters is 1. The Hall–Kier alpha value is -3.08. The van der Waals surface area contributed by atoms with Crippen LogP contribution in [0.1, 0.15) is 47.5 Å². The van der Waals surface area contributed by atoms with Gasteiger partial charge in [0.1, 0.15) is 5.60 Å². The van der Waals surface area contributed by atoms with Crippen LogP contribution in [0.5, 0.6) is 0 Å². The maximum absolute atomic E-state index is 12.6. The number of hydrogen-bond acceptors (Lipinski definition) is 9. The van der Waals surface area contributed by atoms with E-state index in [1.54, 1.807) is 48.5 Å². The van der Waals surface area contributed by atoms with Crippen LogP contribution in [0.4, 0.5) is 0 Å². The molecule has 1 aliphatic carbocycles. The Balaban J connectivity index is 1.29. The number of ether oxygens (including phenoxy) is 2. The number of carbonyl (C=O) groups excluding carboxylic acids is 1.